The predicted octanol–water partition coefficient (Wildman–Crippen LogP) is 3.82. The summed E-state index contributed by atoms with van der Waals surface area (Å²) < 4.78 is 11.6. The smallest absolute Gasteiger partial charge is 0.321 e. The van der Waals surface area contributed by atoms with Crippen molar-refractivity contribution >= 4 is 11.7 Å². The molecule has 0 saturated carbocycles. The number of carbonyl (C=O) groups excluding carboxylic acids is 1. The van der Waals surface area contributed by atoms with E-state index in [1.54, 1.807) is 0 Å². The van der Waals surface area contributed by atoms with Crippen LogP contribution in [0.5, 0.6) is 5.75 Å². The first-order valence-corrected chi connectivity index (χ1v) is 8.72. The molecule has 0 bridgehead atoms. The predicted molar refractivity (Wildman–Crippen MR) is 94.5 cm³/mol. The maximum absolute atomic E-state index is 12.6. The van der Waals surface area contributed by atoms with Crippen LogP contribution >= 0.6 is 0 Å². The molecule has 5 heteroatoms. The van der Waals surface area contributed by atoms with Gasteiger partial charge in [0.1, 0.15) is 5.75 Å². The molecule has 0 aliphatic carbocycles. The van der Waals surface area contributed by atoms with Gasteiger partial charge in [0, 0.05) is 13.1 Å². The third-order valence-electron chi connectivity index (χ3n) is 4.72. The van der Waals surface area contributed by atoms with Gasteiger partial charge in [0.25, 0.3) is 0 Å². The number of para-hydroxylation sites is 2. The molecule has 130 valence electrons. The molecule has 0 radical (unpaired) electrons. The molecule has 2 heterocycles. The van der Waals surface area contributed by atoms with Crippen LogP contribution in [0.2, 0.25) is 0 Å². The van der Waals surface area contributed by atoms with Crippen LogP contribution in [0.15, 0.2) is 35.9 Å². The zero-order valence-electron chi connectivity index (χ0n) is 14.5. The number of amides is 2. The van der Waals surface area contributed by atoms with Gasteiger partial charge in [-0.3, -0.25) is 0 Å². The van der Waals surface area contributed by atoms with Gasteiger partial charge in [-0.1, -0.05) is 23.8 Å². The number of anilines is 1. The number of nitrogens with zero attached hydrogens (tertiary/aromatic N) is 1. The van der Waals surface area contributed by atoms with Crippen molar-refractivity contribution in [2.75, 3.05) is 31.6 Å². The number of rotatable bonds is 3. The zero-order valence-corrected chi connectivity index (χ0v) is 14.5. The molecule has 1 N–H and O–H groups in total. The molecule has 0 aromatic heterocycles. The summed E-state index contributed by atoms with van der Waals surface area (Å²) in [4.78, 5) is 14.4. The summed E-state index contributed by atoms with van der Waals surface area (Å²) >= 11 is 0. The van der Waals surface area contributed by atoms with Crippen molar-refractivity contribution in [2.45, 2.75) is 38.7 Å². The van der Waals surface area contributed by atoms with E-state index < -0.39 is 0 Å². The SMILES string of the molecule is CCOc1ccccc1NC(=O)N1CCC2(C=C(C)CCO2)CC1. The maximum atomic E-state index is 12.6. The summed E-state index contributed by atoms with van der Waals surface area (Å²) in [6.45, 7) is 6.85. The molecule has 24 heavy (non-hydrogen) atoms. The number of piperidine rings is 1. The zero-order chi connectivity index (χ0) is 17.0. The highest BCUT2D eigenvalue weighted by Gasteiger charge is 2.36. The molecular weight excluding hydrogens is 304 g/mol. The summed E-state index contributed by atoms with van der Waals surface area (Å²) in [5.41, 5.74) is 1.95. The van der Waals surface area contributed by atoms with E-state index in [1.807, 2.05) is 36.1 Å². The summed E-state index contributed by atoms with van der Waals surface area (Å²) in [6, 6.07) is 7.46. The van der Waals surface area contributed by atoms with Crippen LogP contribution < -0.4 is 10.1 Å². The second-order valence-electron chi connectivity index (χ2n) is 6.50. The average Bonchev–Trinajstić information content (AvgIpc) is 2.57. The second-order valence-corrected chi connectivity index (χ2v) is 6.50. The lowest BCUT2D eigenvalue weighted by Gasteiger charge is -2.42. The Kier molecular flexibility index (Phi) is 5.09. The molecule has 1 fully saturated rings. The highest BCUT2D eigenvalue weighted by atomic mass is 16.5. The summed E-state index contributed by atoms with van der Waals surface area (Å²) in [7, 11) is 0. The minimum absolute atomic E-state index is 0.0754. The Labute approximate surface area is 143 Å². The van der Waals surface area contributed by atoms with E-state index in [0.29, 0.717) is 31.1 Å². The summed E-state index contributed by atoms with van der Waals surface area (Å²) in [5.74, 6) is 0.705. The van der Waals surface area contributed by atoms with Crippen molar-refractivity contribution in [2.24, 2.45) is 0 Å². The number of nitrogens with one attached hydrogen (secondary N) is 1. The molecule has 2 aliphatic heterocycles. The van der Waals surface area contributed by atoms with Gasteiger partial charge < -0.3 is 19.7 Å². The number of hydrogen-bond acceptors (Lipinski definition) is 3. The Balaban J connectivity index is 1.61. The van der Waals surface area contributed by atoms with E-state index >= 15 is 0 Å². The van der Waals surface area contributed by atoms with Gasteiger partial charge >= 0.3 is 6.03 Å². The fourth-order valence-corrected chi connectivity index (χ4v) is 3.40. The van der Waals surface area contributed by atoms with Gasteiger partial charge in [-0.2, -0.15) is 0 Å². The first kappa shape index (κ1) is 16.8. The average molecular weight is 330 g/mol. The van der Waals surface area contributed by atoms with E-state index in [2.05, 4.69) is 18.3 Å². The van der Waals surface area contributed by atoms with E-state index in [9.17, 15) is 4.79 Å². The number of ether oxygens (including phenoxy) is 2. The van der Waals surface area contributed by atoms with Crippen molar-refractivity contribution in [3.05, 3.63) is 35.9 Å². The first-order valence-electron chi connectivity index (χ1n) is 8.72. The Hall–Kier alpha value is -2.01. The second kappa shape index (κ2) is 7.26. The molecule has 0 atom stereocenters. The quantitative estimate of drug-likeness (QED) is 0.857. The van der Waals surface area contributed by atoms with Gasteiger partial charge in [-0.05, 0) is 45.2 Å². The van der Waals surface area contributed by atoms with Crippen LogP contribution in [0.25, 0.3) is 0 Å². The van der Waals surface area contributed by atoms with Gasteiger partial charge in [0.15, 0.2) is 0 Å². The summed E-state index contributed by atoms with van der Waals surface area (Å²) in [6.07, 6.45) is 4.98. The first-order chi connectivity index (χ1) is 11.6. The molecule has 3 rings (SSSR count). The molecular formula is C19H26N2O3. The van der Waals surface area contributed by atoms with E-state index in [4.69, 9.17) is 9.47 Å². The molecule has 0 unspecified atom stereocenters. The Morgan fingerprint density at radius 2 is 2.08 bits per heavy atom. The number of urea groups is 1. The minimum Gasteiger partial charge on any atom is -0.492 e. The maximum Gasteiger partial charge on any atom is 0.321 e. The van der Waals surface area contributed by atoms with Crippen molar-refractivity contribution < 1.29 is 14.3 Å². The van der Waals surface area contributed by atoms with E-state index in [0.717, 1.165) is 25.9 Å². The van der Waals surface area contributed by atoms with Crippen molar-refractivity contribution in [1.82, 2.24) is 4.90 Å². The van der Waals surface area contributed by atoms with Crippen LogP contribution in [0, 0.1) is 0 Å². The van der Waals surface area contributed by atoms with E-state index in [1.165, 1.54) is 5.57 Å². The standard InChI is InChI=1S/C19H26N2O3/c1-3-23-17-7-5-4-6-16(17)20-18(22)21-11-9-19(10-12-21)14-15(2)8-13-24-19/h4-7,14H,3,8-13H2,1-2H3,(H,20,22). The third kappa shape index (κ3) is 3.73. The molecule has 1 saturated heterocycles. The van der Waals surface area contributed by atoms with Crippen molar-refractivity contribution in [3.63, 3.8) is 0 Å². The summed E-state index contributed by atoms with van der Waals surface area (Å²) in [5, 5.41) is 2.97. The Bertz CT molecular complexity index is 619. The van der Waals surface area contributed by atoms with Gasteiger partial charge in [0.05, 0.1) is 24.5 Å². The number of hydrogen-bond donors (Lipinski definition) is 1. The van der Waals surface area contributed by atoms with Crippen molar-refractivity contribution in [3.8, 4) is 5.75 Å². The monoisotopic (exact) mass is 330 g/mol. The highest BCUT2D eigenvalue weighted by Crippen LogP contribution is 2.33. The normalized spacial score (nSPS) is 19.8. The lowest BCUT2D eigenvalue weighted by Crippen LogP contribution is -2.49. The largest absolute Gasteiger partial charge is 0.492 e. The van der Waals surface area contributed by atoms with Crippen LogP contribution in [0.3, 0.4) is 0 Å². The lowest BCUT2D eigenvalue weighted by molar-refractivity contribution is -0.0497. The number of benzene rings is 1. The molecule has 1 aromatic carbocycles. The Morgan fingerprint density at radius 3 is 2.79 bits per heavy atom. The van der Waals surface area contributed by atoms with Gasteiger partial charge in [-0.25, -0.2) is 4.79 Å². The molecule has 1 aromatic rings. The highest BCUT2D eigenvalue weighted by molar-refractivity contribution is 5.91. The third-order valence-corrected chi connectivity index (χ3v) is 4.72. The number of likely N-dealkylation sites (tertiary alicyclic amines) is 1. The fourth-order valence-electron chi connectivity index (χ4n) is 3.40. The minimum atomic E-state index is -0.164. The van der Waals surface area contributed by atoms with Crippen LogP contribution in [0.1, 0.15) is 33.1 Å². The van der Waals surface area contributed by atoms with Gasteiger partial charge in [0.2, 0.25) is 0 Å². The molecule has 1 spiro atoms. The Morgan fingerprint density at radius 1 is 1.33 bits per heavy atom. The van der Waals surface area contributed by atoms with Crippen LogP contribution in [-0.4, -0.2) is 42.8 Å². The molecule has 2 aliphatic rings. The van der Waals surface area contributed by atoms with E-state index in [-0.39, 0.29) is 11.6 Å². The van der Waals surface area contributed by atoms with Crippen LogP contribution in [0.4, 0.5) is 10.5 Å². The van der Waals surface area contributed by atoms with Gasteiger partial charge in [-0.15, -0.1) is 0 Å². The van der Waals surface area contributed by atoms with Crippen molar-refractivity contribution in [1.29, 1.82) is 0 Å². The number of carbonyl (C=O) groups is 1. The lowest BCUT2D eigenvalue weighted by atomic mass is 9.87. The fraction of sp³-hybridized carbons (Fsp3) is 0.526. The van der Waals surface area contributed by atoms with Crippen LogP contribution in [-0.2, 0) is 4.74 Å². The topological polar surface area (TPSA) is 50.8 Å². The molecule has 5 nitrogen and oxygen atoms in total. The molecule has 2 amide bonds.